The highest BCUT2D eigenvalue weighted by Gasteiger charge is 1.98. The van der Waals surface area contributed by atoms with Crippen LogP contribution in [0.25, 0.3) is 0 Å². The van der Waals surface area contributed by atoms with E-state index >= 15 is 0 Å². The van der Waals surface area contributed by atoms with Crippen LogP contribution < -0.4 is 0 Å². The molecule has 23 heavy (non-hydrogen) atoms. The molecule has 0 aliphatic carbocycles. The van der Waals surface area contributed by atoms with E-state index in [0.717, 1.165) is 5.92 Å². The summed E-state index contributed by atoms with van der Waals surface area (Å²) in [6, 6.07) is 0. The van der Waals surface area contributed by atoms with Gasteiger partial charge in [0, 0.05) is 0 Å². The van der Waals surface area contributed by atoms with Gasteiger partial charge in [-0.15, -0.1) is 0 Å². The molecule has 0 aromatic heterocycles. The van der Waals surface area contributed by atoms with Crippen molar-refractivity contribution in [1.82, 2.24) is 0 Å². The molecule has 0 radical (unpaired) electrons. The van der Waals surface area contributed by atoms with Gasteiger partial charge < -0.3 is 0 Å². The Bertz CT molecular complexity index is 196. The van der Waals surface area contributed by atoms with E-state index in [1.54, 1.807) is 0 Å². The molecule has 0 aromatic carbocycles. The second-order valence-electron chi connectivity index (χ2n) is 7.96. The topological polar surface area (TPSA) is 0 Å². The minimum atomic E-state index is 0.950. The highest BCUT2D eigenvalue weighted by atomic mass is 14.0. The van der Waals surface area contributed by atoms with Crippen molar-refractivity contribution in [1.29, 1.82) is 0 Å². The van der Waals surface area contributed by atoms with E-state index in [1.807, 2.05) is 0 Å². The van der Waals surface area contributed by atoms with Gasteiger partial charge in [-0.1, -0.05) is 143 Å². The largest absolute Gasteiger partial charge is 0.0654 e. The molecule has 1 atom stereocenters. The highest BCUT2D eigenvalue weighted by molar-refractivity contribution is 4.52. The van der Waals surface area contributed by atoms with Gasteiger partial charge in [0.25, 0.3) is 0 Å². The van der Waals surface area contributed by atoms with E-state index in [1.165, 1.54) is 122 Å². The first-order valence-corrected chi connectivity index (χ1v) is 11.3. The van der Waals surface area contributed by atoms with Crippen molar-refractivity contribution in [3.63, 3.8) is 0 Å². The van der Waals surface area contributed by atoms with Crippen LogP contribution in [0.3, 0.4) is 0 Å². The molecule has 0 heterocycles. The lowest BCUT2D eigenvalue weighted by Gasteiger charge is -2.07. The third kappa shape index (κ3) is 20.0. The summed E-state index contributed by atoms with van der Waals surface area (Å²) in [7, 11) is 0. The summed E-state index contributed by atoms with van der Waals surface area (Å²) in [5.74, 6) is 0.950. The van der Waals surface area contributed by atoms with Crippen LogP contribution >= 0.6 is 0 Å². The van der Waals surface area contributed by atoms with Crippen molar-refractivity contribution in [2.24, 2.45) is 5.92 Å². The Labute approximate surface area is 149 Å². The van der Waals surface area contributed by atoms with Gasteiger partial charge in [0.2, 0.25) is 0 Å². The van der Waals surface area contributed by atoms with Gasteiger partial charge in [-0.05, 0) is 5.92 Å². The normalized spacial score (nSPS) is 12.7. The zero-order chi connectivity index (χ0) is 17.0. The van der Waals surface area contributed by atoms with Gasteiger partial charge in [-0.25, -0.2) is 0 Å². The Balaban J connectivity index is 2.97. The van der Waals surface area contributed by atoms with Gasteiger partial charge in [-0.3, -0.25) is 0 Å². The first-order valence-electron chi connectivity index (χ1n) is 11.3. The summed E-state index contributed by atoms with van der Waals surface area (Å²) in [6.45, 7) is 7.01. The van der Waals surface area contributed by atoms with E-state index in [2.05, 4.69) is 20.8 Å². The predicted molar refractivity (Wildman–Crippen MR) is 108 cm³/mol. The number of hydrogen-bond acceptors (Lipinski definition) is 0. The molecule has 0 bridgehead atoms. The molecule has 0 aromatic rings. The zero-order valence-corrected chi connectivity index (χ0v) is 17.0. The van der Waals surface area contributed by atoms with E-state index in [9.17, 15) is 0 Å². The van der Waals surface area contributed by atoms with E-state index < -0.39 is 0 Å². The summed E-state index contributed by atoms with van der Waals surface area (Å²) in [5, 5.41) is 0. The molecular weight excluding hydrogens is 276 g/mol. The number of unbranched alkanes of at least 4 members (excludes halogenated alkanes) is 16. The summed E-state index contributed by atoms with van der Waals surface area (Å²) < 4.78 is 0. The van der Waals surface area contributed by atoms with Crippen LogP contribution in [-0.4, -0.2) is 0 Å². The van der Waals surface area contributed by atoms with Crippen LogP contribution in [0.2, 0.25) is 0 Å². The molecular formula is C23H48. The SMILES string of the molecule is CCCCCCCCCCCCCCCCCCC[C@@H](C)CC. The van der Waals surface area contributed by atoms with Gasteiger partial charge in [-0.2, -0.15) is 0 Å². The number of hydrogen-bond donors (Lipinski definition) is 0. The Kier molecular flexibility index (Phi) is 20.0. The first-order chi connectivity index (χ1) is 11.3. The Morgan fingerprint density at radius 2 is 0.739 bits per heavy atom. The van der Waals surface area contributed by atoms with E-state index in [4.69, 9.17) is 0 Å². The molecule has 0 rings (SSSR count). The van der Waals surface area contributed by atoms with Gasteiger partial charge >= 0.3 is 0 Å². The molecule has 0 aliphatic rings. The Morgan fingerprint density at radius 3 is 1.04 bits per heavy atom. The molecule has 0 nitrogen and oxygen atoms in total. The molecule has 0 spiro atoms. The zero-order valence-electron chi connectivity index (χ0n) is 17.0. The average molecular weight is 325 g/mol. The van der Waals surface area contributed by atoms with Crippen molar-refractivity contribution in [3.05, 3.63) is 0 Å². The second-order valence-corrected chi connectivity index (χ2v) is 7.96. The fourth-order valence-electron chi connectivity index (χ4n) is 3.42. The molecule has 0 N–H and O–H groups in total. The molecule has 0 saturated carbocycles. The minimum absolute atomic E-state index is 0.950. The van der Waals surface area contributed by atoms with Crippen LogP contribution in [-0.2, 0) is 0 Å². The van der Waals surface area contributed by atoms with Crippen molar-refractivity contribution < 1.29 is 0 Å². The smallest absolute Gasteiger partial charge is 0.0445 e. The maximum atomic E-state index is 2.40. The monoisotopic (exact) mass is 324 g/mol. The third-order valence-electron chi connectivity index (χ3n) is 5.50. The molecule has 0 amide bonds. The van der Waals surface area contributed by atoms with Crippen LogP contribution in [0.15, 0.2) is 0 Å². The van der Waals surface area contributed by atoms with Crippen molar-refractivity contribution in [3.8, 4) is 0 Å². The third-order valence-corrected chi connectivity index (χ3v) is 5.50. The van der Waals surface area contributed by atoms with Crippen molar-refractivity contribution in [2.75, 3.05) is 0 Å². The predicted octanol–water partition coefficient (Wildman–Crippen LogP) is 9.07. The standard InChI is InChI=1S/C23H48/c1-4-6-7-8-9-10-11-12-13-14-15-16-17-18-19-20-21-22-23(3)5-2/h23H,4-22H2,1-3H3/t23-/m0/s1. The molecule has 0 fully saturated rings. The van der Waals surface area contributed by atoms with E-state index in [0.29, 0.717) is 0 Å². The molecule has 0 heteroatoms. The van der Waals surface area contributed by atoms with Gasteiger partial charge in [0.15, 0.2) is 0 Å². The maximum absolute atomic E-state index is 2.40. The Hall–Kier alpha value is 0. The minimum Gasteiger partial charge on any atom is -0.0654 e. The fourth-order valence-corrected chi connectivity index (χ4v) is 3.42. The number of rotatable bonds is 19. The fraction of sp³-hybridized carbons (Fsp3) is 1.00. The Morgan fingerprint density at radius 1 is 0.435 bits per heavy atom. The first kappa shape index (κ1) is 23.0. The van der Waals surface area contributed by atoms with Crippen LogP contribution in [0.1, 0.15) is 143 Å². The van der Waals surface area contributed by atoms with Crippen LogP contribution in [0, 0.1) is 5.92 Å². The summed E-state index contributed by atoms with van der Waals surface area (Å²) in [4.78, 5) is 0. The quantitative estimate of drug-likeness (QED) is 0.208. The molecule has 0 aliphatic heterocycles. The lowest BCUT2D eigenvalue weighted by Crippen LogP contribution is -1.91. The average Bonchev–Trinajstić information content (AvgIpc) is 2.57. The highest BCUT2D eigenvalue weighted by Crippen LogP contribution is 2.16. The molecule has 0 saturated heterocycles. The summed E-state index contributed by atoms with van der Waals surface area (Å²) >= 11 is 0. The van der Waals surface area contributed by atoms with Gasteiger partial charge in [0.1, 0.15) is 0 Å². The lowest BCUT2D eigenvalue weighted by molar-refractivity contribution is 0.468. The van der Waals surface area contributed by atoms with Crippen molar-refractivity contribution in [2.45, 2.75) is 143 Å². The summed E-state index contributed by atoms with van der Waals surface area (Å²) in [6.07, 6.45) is 27.9. The maximum Gasteiger partial charge on any atom is -0.0445 e. The van der Waals surface area contributed by atoms with Crippen LogP contribution in [0.4, 0.5) is 0 Å². The molecule has 0 unspecified atom stereocenters. The second kappa shape index (κ2) is 20.0. The van der Waals surface area contributed by atoms with Gasteiger partial charge in [0.05, 0.1) is 0 Å². The molecule has 140 valence electrons. The summed E-state index contributed by atoms with van der Waals surface area (Å²) in [5.41, 5.74) is 0. The van der Waals surface area contributed by atoms with Crippen LogP contribution in [0.5, 0.6) is 0 Å². The van der Waals surface area contributed by atoms with E-state index in [-0.39, 0.29) is 0 Å². The van der Waals surface area contributed by atoms with Crippen molar-refractivity contribution >= 4 is 0 Å². The lowest BCUT2D eigenvalue weighted by atomic mass is 9.99.